The summed E-state index contributed by atoms with van der Waals surface area (Å²) in [5, 5.41) is 5.87. The lowest BCUT2D eigenvalue weighted by Gasteiger charge is -2.27. The molecule has 2 aromatic rings. The van der Waals surface area contributed by atoms with Gasteiger partial charge in [0.2, 0.25) is 5.91 Å². The Morgan fingerprint density at radius 3 is 2.85 bits per heavy atom. The Morgan fingerprint density at radius 1 is 1.19 bits per heavy atom. The second-order valence-corrected chi connectivity index (χ2v) is 7.08. The Hall–Kier alpha value is -2.82. The average molecular weight is 349 g/mol. The Kier molecular flexibility index (Phi) is 4.37. The molecule has 1 saturated carbocycles. The van der Waals surface area contributed by atoms with Crippen molar-refractivity contribution in [3.05, 3.63) is 59.7 Å². The number of rotatable bonds is 4. The number of carbonyl (C=O) groups excluding carboxylic acids is 2. The standard InChI is InChI=1S/C21H23N3O2/c1-14-6-2-3-9-17(14)18-13-19(18)20(25)23-15-7-4-8-16(12-15)24-11-5-10-22-21(24)26/h2-4,6-9,12,18-19H,5,10-11,13H2,1H3,(H,22,26)(H,23,25)/t18-,19+/m1/s1. The maximum Gasteiger partial charge on any atom is 0.321 e. The number of anilines is 2. The van der Waals surface area contributed by atoms with Crippen molar-refractivity contribution >= 4 is 23.3 Å². The highest BCUT2D eigenvalue weighted by molar-refractivity contribution is 5.97. The number of nitrogens with one attached hydrogen (secondary N) is 2. The maximum absolute atomic E-state index is 12.6. The van der Waals surface area contributed by atoms with Crippen LogP contribution in [0.25, 0.3) is 0 Å². The first-order chi connectivity index (χ1) is 12.6. The van der Waals surface area contributed by atoms with Crippen molar-refractivity contribution in [3.63, 3.8) is 0 Å². The van der Waals surface area contributed by atoms with Gasteiger partial charge in [0.1, 0.15) is 0 Å². The van der Waals surface area contributed by atoms with Crippen LogP contribution in [0, 0.1) is 12.8 Å². The van der Waals surface area contributed by atoms with Gasteiger partial charge < -0.3 is 10.6 Å². The number of urea groups is 1. The highest BCUT2D eigenvalue weighted by atomic mass is 16.2. The van der Waals surface area contributed by atoms with Gasteiger partial charge in [0.15, 0.2) is 0 Å². The molecule has 0 aromatic heterocycles. The van der Waals surface area contributed by atoms with Crippen LogP contribution in [-0.4, -0.2) is 25.0 Å². The molecule has 0 unspecified atom stereocenters. The molecule has 1 aliphatic carbocycles. The summed E-state index contributed by atoms with van der Waals surface area (Å²) in [5.41, 5.74) is 4.06. The van der Waals surface area contributed by atoms with Crippen LogP contribution in [0.15, 0.2) is 48.5 Å². The Balaban J connectivity index is 1.43. The molecule has 2 fully saturated rings. The molecule has 4 rings (SSSR count). The molecule has 134 valence electrons. The van der Waals surface area contributed by atoms with Gasteiger partial charge in [-0.15, -0.1) is 0 Å². The quantitative estimate of drug-likeness (QED) is 0.885. The van der Waals surface area contributed by atoms with Crippen molar-refractivity contribution in [1.82, 2.24) is 5.32 Å². The summed E-state index contributed by atoms with van der Waals surface area (Å²) < 4.78 is 0. The first-order valence-corrected chi connectivity index (χ1v) is 9.15. The van der Waals surface area contributed by atoms with E-state index in [1.807, 2.05) is 36.4 Å². The second kappa shape index (κ2) is 6.83. The third kappa shape index (κ3) is 3.29. The van der Waals surface area contributed by atoms with Gasteiger partial charge in [0.05, 0.1) is 0 Å². The van der Waals surface area contributed by atoms with Gasteiger partial charge in [-0.1, -0.05) is 30.3 Å². The van der Waals surface area contributed by atoms with E-state index in [-0.39, 0.29) is 17.9 Å². The molecule has 5 nitrogen and oxygen atoms in total. The molecule has 2 aromatic carbocycles. The molecule has 26 heavy (non-hydrogen) atoms. The van der Waals surface area contributed by atoms with Crippen molar-refractivity contribution in [1.29, 1.82) is 0 Å². The van der Waals surface area contributed by atoms with Crippen molar-refractivity contribution in [3.8, 4) is 0 Å². The van der Waals surface area contributed by atoms with E-state index >= 15 is 0 Å². The maximum atomic E-state index is 12.6. The molecule has 0 radical (unpaired) electrons. The van der Waals surface area contributed by atoms with Gasteiger partial charge in [0.25, 0.3) is 0 Å². The minimum absolute atomic E-state index is 0.0260. The number of benzene rings is 2. The third-order valence-electron chi connectivity index (χ3n) is 5.22. The van der Waals surface area contributed by atoms with Crippen LogP contribution in [0.3, 0.4) is 0 Å². The lowest BCUT2D eigenvalue weighted by Crippen LogP contribution is -2.46. The highest BCUT2D eigenvalue weighted by Gasteiger charge is 2.44. The minimum Gasteiger partial charge on any atom is -0.338 e. The minimum atomic E-state index is -0.0819. The van der Waals surface area contributed by atoms with E-state index in [2.05, 4.69) is 29.7 Å². The van der Waals surface area contributed by atoms with Gasteiger partial charge >= 0.3 is 6.03 Å². The van der Waals surface area contributed by atoms with E-state index < -0.39 is 0 Å². The largest absolute Gasteiger partial charge is 0.338 e. The van der Waals surface area contributed by atoms with Crippen molar-refractivity contribution in [2.75, 3.05) is 23.3 Å². The predicted molar refractivity (Wildman–Crippen MR) is 102 cm³/mol. The van der Waals surface area contributed by atoms with E-state index in [9.17, 15) is 9.59 Å². The molecule has 2 aliphatic rings. The van der Waals surface area contributed by atoms with Crippen LogP contribution in [0.5, 0.6) is 0 Å². The summed E-state index contributed by atoms with van der Waals surface area (Å²) in [4.78, 5) is 26.3. The molecule has 5 heteroatoms. The summed E-state index contributed by atoms with van der Waals surface area (Å²) in [7, 11) is 0. The van der Waals surface area contributed by atoms with Crippen LogP contribution in [0.2, 0.25) is 0 Å². The number of aryl methyl sites for hydroxylation is 1. The topological polar surface area (TPSA) is 61.4 Å². The molecule has 0 bridgehead atoms. The lowest BCUT2D eigenvalue weighted by molar-refractivity contribution is -0.117. The summed E-state index contributed by atoms with van der Waals surface area (Å²) in [6.45, 7) is 3.50. The number of carbonyl (C=O) groups is 2. The molecular weight excluding hydrogens is 326 g/mol. The van der Waals surface area contributed by atoms with E-state index in [1.54, 1.807) is 4.90 Å². The smallest absolute Gasteiger partial charge is 0.321 e. The second-order valence-electron chi connectivity index (χ2n) is 7.08. The number of amides is 3. The van der Waals surface area contributed by atoms with Crippen molar-refractivity contribution in [2.45, 2.75) is 25.7 Å². The molecule has 1 aliphatic heterocycles. The Bertz CT molecular complexity index is 849. The van der Waals surface area contributed by atoms with Crippen LogP contribution in [0.4, 0.5) is 16.2 Å². The molecule has 2 N–H and O–H groups in total. The molecule has 2 atom stereocenters. The number of hydrogen-bond acceptors (Lipinski definition) is 2. The van der Waals surface area contributed by atoms with Gasteiger partial charge in [0, 0.05) is 30.4 Å². The van der Waals surface area contributed by atoms with Gasteiger partial charge in [-0.05, 0) is 55.0 Å². The van der Waals surface area contributed by atoms with Crippen LogP contribution < -0.4 is 15.5 Å². The number of nitrogens with zero attached hydrogens (tertiary/aromatic N) is 1. The summed E-state index contributed by atoms with van der Waals surface area (Å²) in [5.74, 6) is 0.392. The SMILES string of the molecule is Cc1ccccc1[C@H]1C[C@@H]1C(=O)Nc1cccc(N2CCCNC2=O)c1. The van der Waals surface area contributed by atoms with E-state index in [4.69, 9.17) is 0 Å². The Morgan fingerprint density at radius 2 is 2.04 bits per heavy atom. The zero-order valence-corrected chi connectivity index (χ0v) is 14.9. The fourth-order valence-electron chi connectivity index (χ4n) is 3.69. The fourth-order valence-corrected chi connectivity index (χ4v) is 3.69. The molecule has 3 amide bonds. The Labute approximate surface area is 153 Å². The molecule has 0 spiro atoms. The predicted octanol–water partition coefficient (Wildman–Crippen LogP) is 3.66. The molecular formula is C21H23N3O2. The number of hydrogen-bond donors (Lipinski definition) is 2. The summed E-state index contributed by atoms with van der Waals surface area (Å²) in [6.07, 6.45) is 1.81. The van der Waals surface area contributed by atoms with E-state index in [0.717, 1.165) is 24.2 Å². The lowest BCUT2D eigenvalue weighted by atomic mass is 10.0. The fraction of sp³-hybridized carbons (Fsp3) is 0.333. The molecule has 1 saturated heterocycles. The van der Waals surface area contributed by atoms with Crippen molar-refractivity contribution < 1.29 is 9.59 Å². The van der Waals surface area contributed by atoms with Gasteiger partial charge in [-0.2, -0.15) is 0 Å². The van der Waals surface area contributed by atoms with Crippen LogP contribution in [0.1, 0.15) is 29.9 Å². The van der Waals surface area contributed by atoms with E-state index in [1.165, 1.54) is 11.1 Å². The monoisotopic (exact) mass is 349 g/mol. The highest BCUT2D eigenvalue weighted by Crippen LogP contribution is 2.49. The summed E-state index contributed by atoms with van der Waals surface area (Å²) >= 11 is 0. The third-order valence-corrected chi connectivity index (χ3v) is 5.22. The zero-order valence-electron chi connectivity index (χ0n) is 14.9. The first kappa shape index (κ1) is 16.6. The van der Waals surface area contributed by atoms with E-state index in [0.29, 0.717) is 19.0 Å². The summed E-state index contributed by atoms with van der Waals surface area (Å²) in [6, 6.07) is 15.7. The zero-order chi connectivity index (χ0) is 18.1. The van der Waals surface area contributed by atoms with Crippen LogP contribution in [-0.2, 0) is 4.79 Å². The van der Waals surface area contributed by atoms with Gasteiger partial charge in [-0.25, -0.2) is 4.79 Å². The van der Waals surface area contributed by atoms with Crippen molar-refractivity contribution in [2.24, 2.45) is 5.92 Å². The average Bonchev–Trinajstić information content (AvgIpc) is 3.43. The normalized spacial score (nSPS) is 21.9. The van der Waals surface area contributed by atoms with Gasteiger partial charge in [-0.3, -0.25) is 9.69 Å². The van der Waals surface area contributed by atoms with Crippen LogP contribution >= 0.6 is 0 Å². The molecule has 1 heterocycles. The first-order valence-electron chi connectivity index (χ1n) is 9.15.